The third kappa shape index (κ3) is 26.8. The van der Waals surface area contributed by atoms with Gasteiger partial charge in [-0.3, -0.25) is 70.6 Å². The molecule has 0 unspecified atom stereocenters. The second-order valence-corrected chi connectivity index (χ2v) is 29.3. The van der Waals surface area contributed by atoms with E-state index in [1.165, 1.54) is 43.1 Å². The number of hydrogen-bond donors (Lipinski definition) is 2. The highest BCUT2D eigenvalue weighted by atomic mass is 16.6. The minimum atomic E-state index is -0.488. The molecule has 0 fully saturated rings. The normalized spacial score (nSPS) is 23.1. The zero-order chi connectivity index (χ0) is 87.9. The third-order valence-corrected chi connectivity index (χ3v) is 19.5. The molecule has 4 aromatic rings. The Labute approximate surface area is 699 Å². The highest BCUT2D eigenvalue weighted by Gasteiger charge is 2.34. The maximum Gasteiger partial charge on any atom is 0.333 e. The van der Waals surface area contributed by atoms with Gasteiger partial charge in [0, 0.05) is 138 Å². The Morgan fingerprint density at radius 2 is 0.775 bits per heavy atom. The number of aromatic amines is 1. The fraction of sp³-hybridized carbons (Fsp3) is 0.558. The molecule has 0 radical (unpaired) electrons. The first-order chi connectivity index (χ1) is 57.5. The topological polar surface area (TPSA) is 354 Å². The number of carbonyl (C=O) groups is 2. The van der Waals surface area contributed by atoms with Crippen LogP contribution in [0.3, 0.4) is 0 Å². The maximum absolute atomic E-state index is 12.6. The van der Waals surface area contributed by atoms with Crippen molar-refractivity contribution >= 4 is 11.8 Å². The Bertz CT molecular complexity index is 4870. The van der Waals surface area contributed by atoms with Gasteiger partial charge in [0.05, 0.1) is 39.6 Å². The van der Waals surface area contributed by atoms with E-state index in [4.69, 9.17) is 56.8 Å². The van der Waals surface area contributed by atoms with Crippen molar-refractivity contribution in [1.82, 2.24) is 57.0 Å². The summed E-state index contributed by atoms with van der Waals surface area (Å²) in [5.74, 6) is 0.978. The Morgan fingerprint density at radius 3 is 1.20 bits per heavy atom. The van der Waals surface area contributed by atoms with Gasteiger partial charge in [-0.15, -0.1) is 0 Å². The molecule has 0 aromatic carbocycles. The maximum atomic E-state index is 12.6. The van der Waals surface area contributed by atoms with Crippen LogP contribution in [0, 0.1) is 27.7 Å². The zero-order valence-corrected chi connectivity index (χ0v) is 72.3. The van der Waals surface area contributed by atoms with Gasteiger partial charge < -0.3 is 72.0 Å². The summed E-state index contributed by atoms with van der Waals surface area (Å²) in [5, 5.41) is 2.69. The lowest BCUT2D eigenvalue weighted by Crippen LogP contribution is -2.43. The number of rotatable bonds is 32. The van der Waals surface area contributed by atoms with E-state index in [0.29, 0.717) is 124 Å². The van der Waals surface area contributed by atoms with Crippen molar-refractivity contribution in [3.05, 3.63) is 252 Å². The summed E-state index contributed by atoms with van der Waals surface area (Å²) in [6.07, 6.45) is 35.7. The number of carbonyl (C=O) groups excluding carboxylic acids is 2. The van der Waals surface area contributed by atoms with Crippen molar-refractivity contribution < 1.29 is 66.4 Å². The molecule has 0 saturated carbocycles. The number of aryl methyl sites for hydroxylation is 4. The predicted molar refractivity (Wildman–Crippen MR) is 452 cm³/mol. The van der Waals surface area contributed by atoms with Crippen molar-refractivity contribution in [3.8, 4) is 0 Å². The molecule has 12 rings (SSSR count). The van der Waals surface area contributed by atoms with Gasteiger partial charge in [-0.05, 0) is 124 Å². The summed E-state index contributed by atoms with van der Waals surface area (Å²) in [6.45, 7) is 38.8. The molecule has 0 bridgehead atoms. The number of likely N-dealkylation sites (N-methyl/N-ethyl adjacent to an activating group) is 1. The number of aromatic nitrogens is 8. The van der Waals surface area contributed by atoms with Crippen molar-refractivity contribution in [1.29, 1.82) is 0 Å². The van der Waals surface area contributed by atoms with Gasteiger partial charge >= 0.3 is 22.8 Å². The second-order valence-electron chi connectivity index (χ2n) is 29.3. The minimum absolute atomic E-state index is 0.0355. The van der Waals surface area contributed by atoms with E-state index in [2.05, 4.69) is 30.4 Å². The Kier molecular flexibility index (Phi) is 39.4. The summed E-state index contributed by atoms with van der Waals surface area (Å²) < 4.78 is 76.0. The molecule has 0 saturated heterocycles. The highest BCUT2D eigenvalue weighted by Crippen LogP contribution is 2.28. The van der Waals surface area contributed by atoms with Crippen molar-refractivity contribution in [2.24, 2.45) is 0 Å². The fourth-order valence-electron chi connectivity index (χ4n) is 12.9. The molecule has 2 N–H and O–H groups in total. The van der Waals surface area contributed by atoms with Crippen LogP contribution in [-0.4, -0.2) is 200 Å². The first-order valence-corrected chi connectivity index (χ1v) is 41.0. The number of nitrogens with zero attached hydrogens (tertiary/aromatic N) is 10. The Hall–Kier alpha value is -9.82. The molecule has 0 spiro atoms. The van der Waals surface area contributed by atoms with Crippen molar-refractivity contribution in [2.75, 3.05) is 87.3 Å². The average Bonchev–Trinajstić information content (AvgIpc) is 1.42. The van der Waals surface area contributed by atoms with Crippen molar-refractivity contribution in [2.45, 2.75) is 229 Å². The summed E-state index contributed by atoms with van der Waals surface area (Å²) >= 11 is 0. The lowest BCUT2D eigenvalue weighted by Gasteiger charge is -2.37. The second kappa shape index (κ2) is 48.6. The zero-order valence-electron chi connectivity index (χ0n) is 72.3. The summed E-state index contributed by atoms with van der Waals surface area (Å²) in [4.78, 5) is 127. The van der Waals surface area contributed by atoms with Crippen LogP contribution in [0.5, 0.6) is 0 Å². The van der Waals surface area contributed by atoms with Crippen LogP contribution in [0.2, 0.25) is 0 Å². The summed E-state index contributed by atoms with van der Waals surface area (Å²) in [5.41, 5.74) is 0.834. The number of amides is 2. The molecular weight excluding hydrogens is 1550 g/mol. The molecule has 8 aliphatic rings. The van der Waals surface area contributed by atoms with Crippen LogP contribution in [0.4, 0.5) is 0 Å². The number of H-pyrrole nitrogens is 1. The first-order valence-electron chi connectivity index (χ1n) is 41.0. The number of ether oxygens (including phenoxy) is 12. The molecule has 12 heterocycles. The van der Waals surface area contributed by atoms with Crippen molar-refractivity contribution in [3.63, 3.8) is 0 Å². The minimum Gasteiger partial charge on any atom is -0.382 e. The highest BCUT2D eigenvalue weighted by molar-refractivity contribution is 5.95. The lowest BCUT2D eigenvalue weighted by molar-refractivity contribution is -0.127. The number of unbranched alkanes of at least 4 members (excludes halogenated alkanes) is 2. The fourth-order valence-corrected chi connectivity index (χ4v) is 12.9. The predicted octanol–water partition coefficient (Wildman–Crippen LogP) is 7.33. The smallest absolute Gasteiger partial charge is 0.333 e. The van der Waals surface area contributed by atoms with E-state index in [1.807, 2.05) is 100 Å². The molecule has 34 heteroatoms. The lowest BCUT2D eigenvalue weighted by atomic mass is 10.2. The number of methoxy groups -OCH3 is 2. The van der Waals surface area contributed by atoms with Crippen LogP contribution < -0.4 is 50.3 Å². The van der Waals surface area contributed by atoms with E-state index in [1.54, 1.807) is 118 Å². The van der Waals surface area contributed by atoms with Gasteiger partial charge in [-0.25, -0.2) is 19.2 Å². The van der Waals surface area contributed by atoms with E-state index in [-0.39, 0.29) is 100 Å². The van der Waals surface area contributed by atoms with Crippen LogP contribution in [0.25, 0.3) is 0 Å². The quantitative estimate of drug-likeness (QED) is 0.0357. The van der Waals surface area contributed by atoms with Gasteiger partial charge in [0.25, 0.3) is 34.1 Å². The van der Waals surface area contributed by atoms with E-state index in [0.717, 1.165) is 51.6 Å². The SMILES string of the molecule is C=C1N(C)C(=O)C(C)=CN1[C@H]1C=C[C@@H](COC)O1.C=C1NC(=O)C(C)=CN1[C@H]1C=C[C@@H](COCC)O1.CCCCOC[C@@H]1C=C[C@H](n2cc(C)c(=O)n(CCCC)c2=O)O1.CCCOC[C@@H]1C=C[C@H](n2cc(C)c(=O)[nH]c2=O)O1.CCCOC[C@@H]1C=C[C@H](n2cc(C)c(=O)n(CCC)c2=O)O1.CCn1c(=O)c(C)cn([C@H]2C=C[C@@H](COC)O2)c1=O. The van der Waals surface area contributed by atoms with Crippen LogP contribution >= 0.6 is 0 Å². The first kappa shape index (κ1) is 97.3. The molecule has 660 valence electrons. The molecule has 12 atom stereocenters. The molecule has 0 aliphatic carbocycles. The molecular formula is C86H124N12O22. The largest absolute Gasteiger partial charge is 0.382 e. The molecule has 8 aliphatic heterocycles. The number of nitrogens with one attached hydrogen (secondary N) is 2. The molecule has 34 nitrogen and oxygen atoms in total. The van der Waals surface area contributed by atoms with Gasteiger partial charge in [0.1, 0.15) is 48.3 Å². The van der Waals surface area contributed by atoms with E-state index >= 15 is 0 Å². The van der Waals surface area contributed by atoms with Gasteiger partial charge in [-0.1, -0.05) is 97.1 Å². The molecule has 120 heavy (non-hydrogen) atoms. The van der Waals surface area contributed by atoms with Crippen LogP contribution in [0.1, 0.15) is 154 Å². The van der Waals surface area contributed by atoms with E-state index in [9.17, 15) is 47.9 Å². The third-order valence-electron chi connectivity index (χ3n) is 19.5. The summed E-state index contributed by atoms with van der Waals surface area (Å²) in [6, 6.07) is 0. The molecule has 4 aromatic heterocycles. The monoisotopic (exact) mass is 1680 g/mol. The van der Waals surface area contributed by atoms with Crippen LogP contribution in [-0.2, 0) is 86.1 Å². The average molecular weight is 1680 g/mol. The van der Waals surface area contributed by atoms with Gasteiger partial charge in [0.15, 0.2) is 37.4 Å². The van der Waals surface area contributed by atoms with Gasteiger partial charge in [-0.2, -0.15) is 0 Å². The Balaban J connectivity index is 0.000000199. The Morgan fingerprint density at radius 1 is 0.400 bits per heavy atom. The van der Waals surface area contributed by atoms with Gasteiger partial charge in [0.2, 0.25) is 0 Å². The van der Waals surface area contributed by atoms with Crippen LogP contribution in [0.15, 0.2) is 184 Å². The standard InChI is InChI=1S/C18H28N2O4.C16H24N2O4.2C13H18N2O4.2C13H18N2O3/c1-4-6-10-19-17(21)14(3)12-20(18(19)22)16-9-8-15(24-16)13-23-11-7-5-2;1-4-8-17-15(19)12(3)10-18(16(17)20)14-7-6-13(22-14)11-21-9-5-2;1-4-14-12(16)9(2)7-15(13(14)17)11-6-5-10(19-11)8-18-3;1-3-6-18-8-10-4-5-11(19-10)15-7-9(2)12(16)14-13(15)17;1-9-7-15(10(2)14(3)13(9)16)12-6-5-11(18-12)8-17-4;1-4-17-8-11-5-6-12(18-11)15-7-9(2)13(16)14-10(15)3/h8-9,12,15-16H,4-7,10-11,13H2,1-3H3;6-7,10,13-14H,4-5,8-9,11H2,1-3H3;5-7,10-11H,4,8H2,1-3H3;4-5,7,10-11H,3,6,8H2,1-2H3,(H,14,16,17);5-7,11-12H,2,8H2,1,3-4H3;5-7,11-12H,3-4,8H2,1-2H3,(H,14,16)/t15-,16+;13-,14+;2*10-,11+;2*11-,12+/m000000/s1. The molecule has 2 amide bonds. The summed E-state index contributed by atoms with van der Waals surface area (Å²) in [7, 11) is 4.94. The number of hydrogen-bond acceptors (Lipinski definition) is 24. The van der Waals surface area contributed by atoms with E-state index < -0.39 is 30.6 Å².